The number of aryl methyl sites for hydroxylation is 1. The van der Waals surface area contributed by atoms with Crippen LogP contribution in [-0.4, -0.2) is 30.6 Å². The quantitative estimate of drug-likeness (QED) is 0.226. The summed E-state index contributed by atoms with van der Waals surface area (Å²) in [6.07, 6.45) is 0.448. The van der Waals surface area contributed by atoms with Gasteiger partial charge >= 0.3 is 0 Å². The van der Waals surface area contributed by atoms with E-state index in [4.69, 9.17) is 14.5 Å². The molecule has 226 valence electrons. The molecule has 0 bridgehead atoms. The van der Waals surface area contributed by atoms with Crippen LogP contribution in [0.4, 0.5) is 4.79 Å². The summed E-state index contributed by atoms with van der Waals surface area (Å²) in [6.45, 7) is 14.6. The first-order chi connectivity index (χ1) is 20.0. The normalized spacial score (nSPS) is 17.4. The van der Waals surface area contributed by atoms with Gasteiger partial charge in [0.15, 0.2) is 0 Å². The van der Waals surface area contributed by atoms with Crippen LogP contribution in [0.2, 0.25) is 0 Å². The number of aromatic hydroxyl groups is 1. The number of thioether (sulfide) groups is 1. The van der Waals surface area contributed by atoms with Crippen LogP contribution in [-0.2, 0) is 35.7 Å². The van der Waals surface area contributed by atoms with Crippen molar-refractivity contribution in [2.45, 2.75) is 77.1 Å². The first-order valence-corrected chi connectivity index (χ1v) is 15.1. The highest BCUT2D eigenvalue weighted by Crippen LogP contribution is 2.42. The largest absolute Gasteiger partial charge is 0.508 e. The number of hydrogen-bond donors (Lipinski definition) is 2. The molecule has 2 amide bonds. The van der Waals surface area contributed by atoms with Crippen molar-refractivity contribution in [1.82, 2.24) is 14.9 Å². The number of imide groups is 1. The molecule has 8 nitrogen and oxygen atoms in total. The van der Waals surface area contributed by atoms with Crippen molar-refractivity contribution in [3.63, 3.8) is 0 Å². The molecule has 1 aromatic heterocycles. The Morgan fingerprint density at radius 2 is 1.58 bits per heavy atom. The molecule has 2 N–H and O–H groups in total. The second-order valence-corrected chi connectivity index (χ2v) is 14.9. The van der Waals surface area contributed by atoms with E-state index < -0.39 is 4.75 Å². The second-order valence-electron chi connectivity index (χ2n) is 13.4. The fourth-order valence-electron chi connectivity index (χ4n) is 5.24. The number of carbonyl (C=O) groups is 2. The van der Waals surface area contributed by atoms with Gasteiger partial charge < -0.3 is 19.1 Å². The number of rotatable bonds is 7. The average molecular weight is 602 g/mol. The molecule has 5 rings (SSSR count). The van der Waals surface area contributed by atoms with E-state index in [2.05, 4.69) is 46.9 Å². The van der Waals surface area contributed by atoms with Gasteiger partial charge in [-0.2, -0.15) is 0 Å². The first-order valence-electron chi connectivity index (χ1n) is 14.3. The van der Waals surface area contributed by atoms with E-state index in [1.54, 1.807) is 6.92 Å². The van der Waals surface area contributed by atoms with Crippen LogP contribution in [0.5, 0.6) is 23.0 Å². The lowest BCUT2D eigenvalue weighted by molar-refractivity contribution is -0.121. The Morgan fingerprint density at radius 1 is 0.930 bits per heavy atom. The number of hydrogen-bond acceptors (Lipinski definition) is 7. The summed E-state index contributed by atoms with van der Waals surface area (Å²) in [5, 5.41) is 12.8. The van der Waals surface area contributed by atoms with Gasteiger partial charge in [0.25, 0.3) is 5.24 Å². The molecule has 0 spiro atoms. The SMILES string of the molecule is Cn1c(COc2ccc(CC3(C)SC(=O)NC3=O)cc2)nc2ccc(Oc3cc(C(C)(C)C)c(O)cc3C(C)(C)C)cc21. The highest BCUT2D eigenvalue weighted by Gasteiger charge is 2.43. The maximum Gasteiger partial charge on any atom is 0.286 e. The van der Waals surface area contributed by atoms with Gasteiger partial charge in [-0.3, -0.25) is 14.9 Å². The zero-order chi connectivity index (χ0) is 31.3. The van der Waals surface area contributed by atoms with Crippen LogP contribution < -0.4 is 14.8 Å². The molecular weight excluding hydrogens is 562 g/mol. The molecule has 1 unspecified atom stereocenters. The third-order valence-electron chi connectivity index (χ3n) is 7.73. The molecule has 2 heterocycles. The number of aromatic nitrogens is 2. The van der Waals surface area contributed by atoms with Gasteiger partial charge in [0, 0.05) is 24.2 Å². The number of imidazole rings is 1. The monoisotopic (exact) mass is 601 g/mol. The molecule has 1 fully saturated rings. The van der Waals surface area contributed by atoms with Gasteiger partial charge in [-0.05, 0) is 77.9 Å². The molecule has 43 heavy (non-hydrogen) atoms. The minimum absolute atomic E-state index is 0.232. The lowest BCUT2D eigenvalue weighted by Crippen LogP contribution is -2.35. The Balaban J connectivity index is 1.33. The van der Waals surface area contributed by atoms with Crippen molar-refractivity contribution in [1.29, 1.82) is 0 Å². The van der Waals surface area contributed by atoms with Crippen LogP contribution in [0, 0.1) is 0 Å². The first kappa shape index (κ1) is 30.5. The van der Waals surface area contributed by atoms with Gasteiger partial charge in [0.05, 0.1) is 11.0 Å². The Labute approximate surface area is 256 Å². The lowest BCUT2D eigenvalue weighted by Gasteiger charge is -2.27. The predicted octanol–water partition coefficient (Wildman–Crippen LogP) is 7.53. The fraction of sp³-hybridized carbons (Fsp3) is 0.382. The van der Waals surface area contributed by atoms with Crippen LogP contribution >= 0.6 is 11.8 Å². The van der Waals surface area contributed by atoms with Gasteiger partial charge in [-0.25, -0.2) is 4.98 Å². The Hall–Kier alpha value is -3.98. The zero-order valence-corrected chi connectivity index (χ0v) is 26.8. The smallest absolute Gasteiger partial charge is 0.286 e. The maximum absolute atomic E-state index is 12.2. The Bertz CT molecular complexity index is 1710. The fourth-order valence-corrected chi connectivity index (χ4v) is 6.17. The van der Waals surface area contributed by atoms with E-state index in [1.807, 2.05) is 66.2 Å². The van der Waals surface area contributed by atoms with E-state index >= 15 is 0 Å². The number of carbonyl (C=O) groups excluding carboxylic acids is 2. The number of phenols is 1. The standard InChI is InChI=1S/C34H39N3O5S/c1-32(2,3)23-17-28(24(16-27(23)38)33(4,5)6)42-22-13-14-25-26(15-22)37(8)29(35-25)19-41-21-11-9-20(10-12-21)18-34(7)30(39)36-31(40)43-34/h9-17,38H,18-19H2,1-8H3,(H,36,39,40). The number of benzene rings is 3. The van der Waals surface area contributed by atoms with Gasteiger partial charge in [0.2, 0.25) is 5.91 Å². The van der Waals surface area contributed by atoms with E-state index in [0.717, 1.165) is 51.1 Å². The summed E-state index contributed by atoms with van der Waals surface area (Å²) in [5.74, 6) is 2.86. The topological polar surface area (TPSA) is 103 Å². The summed E-state index contributed by atoms with van der Waals surface area (Å²) < 4.78 is 13.7. The van der Waals surface area contributed by atoms with Crippen molar-refractivity contribution in [2.24, 2.45) is 7.05 Å². The number of nitrogens with zero attached hydrogens (tertiary/aromatic N) is 2. The molecule has 0 aliphatic carbocycles. The highest BCUT2D eigenvalue weighted by atomic mass is 32.2. The van der Waals surface area contributed by atoms with Gasteiger partial charge in [-0.1, -0.05) is 53.7 Å². The van der Waals surface area contributed by atoms with E-state index in [1.165, 1.54) is 0 Å². The van der Waals surface area contributed by atoms with Crippen LogP contribution in [0.3, 0.4) is 0 Å². The number of fused-ring (bicyclic) bond motifs is 1. The molecule has 1 atom stereocenters. The van der Waals surface area contributed by atoms with Crippen LogP contribution in [0.25, 0.3) is 11.0 Å². The number of ether oxygens (including phenoxy) is 2. The third kappa shape index (κ3) is 6.37. The lowest BCUT2D eigenvalue weighted by atomic mass is 9.81. The van der Waals surface area contributed by atoms with Crippen molar-refractivity contribution in [2.75, 3.05) is 0 Å². The summed E-state index contributed by atoms with van der Waals surface area (Å²) in [4.78, 5) is 28.6. The minimum atomic E-state index is -0.805. The Morgan fingerprint density at radius 3 is 2.19 bits per heavy atom. The van der Waals surface area contributed by atoms with Crippen LogP contribution in [0.15, 0.2) is 54.6 Å². The van der Waals surface area contributed by atoms with Crippen molar-refractivity contribution in [3.8, 4) is 23.0 Å². The molecule has 3 aromatic carbocycles. The molecule has 0 radical (unpaired) electrons. The Kier molecular flexibility index (Phi) is 7.75. The minimum Gasteiger partial charge on any atom is -0.508 e. The molecule has 1 aliphatic heterocycles. The van der Waals surface area contributed by atoms with Gasteiger partial charge in [0.1, 0.15) is 40.2 Å². The summed E-state index contributed by atoms with van der Waals surface area (Å²) >= 11 is 1.03. The van der Waals surface area contributed by atoms with Gasteiger partial charge in [-0.15, -0.1) is 0 Å². The van der Waals surface area contributed by atoms with E-state index in [0.29, 0.717) is 17.9 Å². The average Bonchev–Trinajstić information content (AvgIpc) is 3.36. The number of nitrogens with one attached hydrogen (secondary N) is 1. The molecule has 9 heteroatoms. The number of amides is 2. The van der Waals surface area contributed by atoms with E-state index in [9.17, 15) is 14.7 Å². The summed E-state index contributed by atoms with van der Waals surface area (Å²) in [5.41, 5.74) is 3.96. The highest BCUT2D eigenvalue weighted by molar-refractivity contribution is 8.16. The molecule has 4 aromatic rings. The molecule has 1 aliphatic rings. The summed E-state index contributed by atoms with van der Waals surface area (Å²) in [7, 11) is 1.95. The van der Waals surface area contributed by atoms with E-state index in [-0.39, 0.29) is 34.3 Å². The second kappa shape index (κ2) is 10.9. The van der Waals surface area contributed by atoms with Crippen molar-refractivity contribution < 1.29 is 24.2 Å². The zero-order valence-electron chi connectivity index (χ0n) is 26.0. The maximum atomic E-state index is 12.2. The molecule has 0 saturated carbocycles. The number of phenolic OH excluding ortho intramolecular Hbond substituents is 1. The molecular formula is C34H39N3O5S. The van der Waals surface area contributed by atoms with Crippen LogP contribution in [0.1, 0.15) is 71.0 Å². The van der Waals surface area contributed by atoms with Crippen molar-refractivity contribution in [3.05, 3.63) is 77.1 Å². The van der Waals surface area contributed by atoms with Crippen molar-refractivity contribution >= 4 is 33.9 Å². The predicted molar refractivity (Wildman–Crippen MR) is 170 cm³/mol. The molecule has 1 saturated heterocycles. The summed E-state index contributed by atoms with van der Waals surface area (Å²) in [6, 6.07) is 17.2. The third-order valence-corrected chi connectivity index (χ3v) is 8.80.